The Hall–Kier alpha value is -1.06. The molecule has 0 spiro atoms. The van der Waals surface area contributed by atoms with Crippen LogP contribution in [-0.2, 0) is 9.59 Å². The van der Waals surface area contributed by atoms with Crippen LogP contribution >= 0.6 is 0 Å². The van der Waals surface area contributed by atoms with Gasteiger partial charge in [0.15, 0.2) is 0 Å². The number of piperidine rings is 1. The molecule has 0 bridgehead atoms. The summed E-state index contributed by atoms with van der Waals surface area (Å²) in [6, 6.07) is 0.938. The van der Waals surface area contributed by atoms with E-state index in [9.17, 15) is 9.59 Å². The van der Waals surface area contributed by atoms with E-state index < -0.39 is 0 Å². The van der Waals surface area contributed by atoms with Gasteiger partial charge in [0.1, 0.15) is 0 Å². The van der Waals surface area contributed by atoms with Crippen LogP contribution in [0, 0.1) is 11.8 Å². The molecule has 0 N–H and O–H groups in total. The molecule has 2 amide bonds. The molecule has 0 radical (unpaired) electrons. The molecule has 3 aliphatic rings. The molecule has 4 nitrogen and oxygen atoms in total. The van der Waals surface area contributed by atoms with Gasteiger partial charge in [0.25, 0.3) is 0 Å². The van der Waals surface area contributed by atoms with E-state index in [0.717, 1.165) is 19.4 Å². The Morgan fingerprint density at radius 1 is 0.875 bits per heavy atom. The first-order valence-corrected chi connectivity index (χ1v) is 10.2. The third kappa shape index (κ3) is 3.78. The fraction of sp³-hybridized carbons (Fsp3) is 0.900. The van der Waals surface area contributed by atoms with Crippen molar-refractivity contribution in [2.24, 2.45) is 11.8 Å². The second-order valence-corrected chi connectivity index (χ2v) is 8.40. The first-order valence-electron chi connectivity index (χ1n) is 10.2. The van der Waals surface area contributed by atoms with Crippen LogP contribution in [0.2, 0.25) is 0 Å². The van der Waals surface area contributed by atoms with Crippen molar-refractivity contribution >= 4 is 11.8 Å². The van der Waals surface area contributed by atoms with Gasteiger partial charge in [-0.3, -0.25) is 9.59 Å². The number of carbonyl (C=O) groups excluding carboxylic acids is 2. The zero-order valence-corrected chi connectivity index (χ0v) is 15.5. The molecule has 1 aliphatic heterocycles. The number of carbonyl (C=O) groups is 2. The highest BCUT2D eigenvalue weighted by Crippen LogP contribution is 2.34. The Morgan fingerprint density at radius 2 is 1.42 bits per heavy atom. The molecule has 0 aromatic carbocycles. The van der Waals surface area contributed by atoms with Gasteiger partial charge >= 0.3 is 0 Å². The molecule has 2 saturated carbocycles. The molecular formula is C20H34N2O2. The minimum absolute atomic E-state index is 0.0274. The summed E-state index contributed by atoms with van der Waals surface area (Å²) in [5, 5.41) is 0. The van der Waals surface area contributed by atoms with E-state index in [-0.39, 0.29) is 17.7 Å². The molecular weight excluding hydrogens is 300 g/mol. The highest BCUT2D eigenvalue weighted by atomic mass is 16.2. The monoisotopic (exact) mass is 334 g/mol. The van der Waals surface area contributed by atoms with E-state index in [1.807, 2.05) is 18.7 Å². The molecule has 2 aliphatic carbocycles. The summed E-state index contributed by atoms with van der Waals surface area (Å²) < 4.78 is 0. The molecule has 1 heterocycles. The smallest absolute Gasteiger partial charge is 0.227 e. The van der Waals surface area contributed by atoms with Gasteiger partial charge in [0, 0.05) is 31.1 Å². The SMILES string of the molecule is CC(C)C(=O)N1CCC[C@H](C(=O)N(C2CCCC2)C2CCCC2)C1. The lowest BCUT2D eigenvalue weighted by Gasteiger charge is -2.40. The van der Waals surface area contributed by atoms with Crippen LogP contribution < -0.4 is 0 Å². The van der Waals surface area contributed by atoms with Crippen molar-refractivity contribution in [3.05, 3.63) is 0 Å². The highest BCUT2D eigenvalue weighted by molar-refractivity contribution is 5.82. The Morgan fingerprint density at radius 3 is 1.92 bits per heavy atom. The molecule has 4 heteroatoms. The molecule has 1 saturated heterocycles. The summed E-state index contributed by atoms with van der Waals surface area (Å²) in [6.45, 7) is 5.38. The second kappa shape index (κ2) is 7.88. The lowest BCUT2D eigenvalue weighted by atomic mass is 9.93. The summed E-state index contributed by atoms with van der Waals surface area (Å²) in [7, 11) is 0. The summed E-state index contributed by atoms with van der Waals surface area (Å²) in [6.07, 6.45) is 11.7. The minimum atomic E-state index is 0.0274. The normalized spacial score (nSPS) is 26.3. The predicted molar refractivity (Wildman–Crippen MR) is 95.5 cm³/mol. The van der Waals surface area contributed by atoms with E-state index in [4.69, 9.17) is 0 Å². The van der Waals surface area contributed by atoms with Gasteiger partial charge < -0.3 is 9.80 Å². The number of likely N-dealkylation sites (tertiary alicyclic amines) is 1. The van der Waals surface area contributed by atoms with Crippen LogP contribution in [0.25, 0.3) is 0 Å². The van der Waals surface area contributed by atoms with Gasteiger partial charge in [0.2, 0.25) is 11.8 Å². The lowest BCUT2D eigenvalue weighted by Crippen LogP contribution is -2.52. The standard InChI is InChI=1S/C20H34N2O2/c1-15(2)19(23)21-13-7-8-16(14-21)20(24)22(17-9-3-4-10-17)18-11-5-6-12-18/h15-18H,3-14H2,1-2H3/t16-/m0/s1. The van der Waals surface area contributed by atoms with Crippen LogP contribution in [0.3, 0.4) is 0 Å². The van der Waals surface area contributed by atoms with E-state index in [0.29, 0.717) is 24.5 Å². The van der Waals surface area contributed by atoms with Gasteiger partial charge in [-0.2, -0.15) is 0 Å². The Kier molecular flexibility index (Phi) is 5.83. The first-order chi connectivity index (χ1) is 11.6. The van der Waals surface area contributed by atoms with Crippen molar-refractivity contribution < 1.29 is 9.59 Å². The topological polar surface area (TPSA) is 40.6 Å². The van der Waals surface area contributed by atoms with Gasteiger partial charge in [0.05, 0.1) is 5.92 Å². The van der Waals surface area contributed by atoms with Crippen molar-refractivity contribution in [2.45, 2.75) is 90.1 Å². The van der Waals surface area contributed by atoms with E-state index in [1.54, 1.807) is 0 Å². The average Bonchev–Trinajstić information content (AvgIpc) is 3.28. The zero-order valence-electron chi connectivity index (χ0n) is 15.5. The summed E-state index contributed by atoms with van der Waals surface area (Å²) in [4.78, 5) is 30.0. The molecule has 3 fully saturated rings. The van der Waals surface area contributed by atoms with E-state index in [2.05, 4.69) is 4.90 Å². The Bertz CT molecular complexity index is 435. The first kappa shape index (κ1) is 17.8. The van der Waals surface area contributed by atoms with Crippen molar-refractivity contribution in [3.63, 3.8) is 0 Å². The van der Waals surface area contributed by atoms with Crippen molar-refractivity contribution in [3.8, 4) is 0 Å². The predicted octanol–water partition coefficient (Wildman–Crippen LogP) is 3.59. The molecule has 1 atom stereocenters. The zero-order chi connectivity index (χ0) is 17.1. The van der Waals surface area contributed by atoms with Crippen LogP contribution in [0.1, 0.15) is 78.1 Å². The van der Waals surface area contributed by atoms with Crippen LogP contribution in [-0.4, -0.2) is 46.8 Å². The molecule has 0 unspecified atom stereocenters. The van der Waals surface area contributed by atoms with E-state index in [1.165, 1.54) is 51.4 Å². The number of amides is 2. The van der Waals surface area contributed by atoms with E-state index >= 15 is 0 Å². The summed E-state index contributed by atoms with van der Waals surface area (Å²) >= 11 is 0. The van der Waals surface area contributed by atoms with Gasteiger partial charge in [-0.15, -0.1) is 0 Å². The lowest BCUT2D eigenvalue weighted by molar-refractivity contribution is -0.145. The second-order valence-electron chi connectivity index (χ2n) is 8.40. The van der Waals surface area contributed by atoms with Gasteiger partial charge in [-0.25, -0.2) is 0 Å². The molecule has 3 rings (SSSR count). The largest absolute Gasteiger partial charge is 0.342 e. The number of rotatable bonds is 4. The molecule has 0 aromatic heterocycles. The molecule has 24 heavy (non-hydrogen) atoms. The average molecular weight is 335 g/mol. The molecule has 0 aromatic rings. The fourth-order valence-electron chi connectivity index (χ4n) is 4.98. The van der Waals surface area contributed by atoms with Crippen molar-refractivity contribution in [1.82, 2.24) is 9.80 Å². The van der Waals surface area contributed by atoms with Crippen molar-refractivity contribution in [1.29, 1.82) is 0 Å². The summed E-state index contributed by atoms with van der Waals surface area (Å²) in [5.74, 6) is 0.623. The van der Waals surface area contributed by atoms with Gasteiger partial charge in [-0.1, -0.05) is 39.5 Å². The third-order valence-corrected chi connectivity index (χ3v) is 6.27. The maximum atomic E-state index is 13.4. The highest BCUT2D eigenvalue weighted by Gasteiger charge is 2.39. The summed E-state index contributed by atoms with van der Waals surface area (Å²) in [5.41, 5.74) is 0. The van der Waals surface area contributed by atoms with Crippen molar-refractivity contribution in [2.75, 3.05) is 13.1 Å². The third-order valence-electron chi connectivity index (χ3n) is 6.27. The minimum Gasteiger partial charge on any atom is -0.342 e. The number of nitrogens with zero attached hydrogens (tertiary/aromatic N) is 2. The number of hydrogen-bond donors (Lipinski definition) is 0. The maximum absolute atomic E-state index is 13.4. The quantitative estimate of drug-likeness (QED) is 0.788. The van der Waals surface area contributed by atoms with Crippen LogP contribution in [0.15, 0.2) is 0 Å². The maximum Gasteiger partial charge on any atom is 0.227 e. The Balaban J connectivity index is 1.70. The molecule has 136 valence electrons. The van der Waals surface area contributed by atoms with Gasteiger partial charge in [-0.05, 0) is 38.5 Å². The van der Waals surface area contributed by atoms with Crippen LogP contribution in [0.4, 0.5) is 0 Å². The fourth-order valence-corrected chi connectivity index (χ4v) is 4.98. The van der Waals surface area contributed by atoms with Crippen LogP contribution in [0.5, 0.6) is 0 Å². The number of hydrogen-bond acceptors (Lipinski definition) is 2. The Labute approximate surface area is 146 Å².